The van der Waals surface area contributed by atoms with Crippen molar-refractivity contribution in [3.63, 3.8) is 0 Å². The van der Waals surface area contributed by atoms with Gasteiger partial charge in [-0.3, -0.25) is 4.79 Å². The number of nitrogens with one attached hydrogen (secondary N) is 2. The molecule has 0 bridgehead atoms. The fourth-order valence-electron chi connectivity index (χ4n) is 2.83. The average molecular weight is 319 g/mol. The van der Waals surface area contributed by atoms with Gasteiger partial charge >= 0.3 is 0 Å². The van der Waals surface area contributed by atoms with Crippen LogP contribution in [0.15, 0.2) is 24.3 Å². The minimum Gasteiger partial charge on any atom is -0.368 e. The van der Waals surface area contributed by atoms with Crippen LogP contribution in [0.25, 0.3) is 10.2 Å². The number of piperidine rings is 1. The molecular weight excluding hydrogens is 298 g/mol. The van der Waals surface area contributed by atoms with Gasteiger partial charge in [0.1, 0.15) is 5.60 Å². The maximum atomic E-state index is 12.4. The van der Waals surface area contributed by atoms with Gasteiger partial charge in [0.2, 0.25) is 0 Å². The molecule has 2 heterocycles. The summed E-state index contributed by atoms with van der Waals surface area (Å²) >= 11 is 1.69. The first-order chi connectivity index (χ1) is 10.7. The summed E-state index contributed by atoms with van der Waals surface area (Å²) in [7, 11) is 1.62. The Labute approximate surface area is 134 Å². The van der Waals surface area contributed by atoms with Crippen molar-refractivity contribution < 1.29 is 9.53 Å². The van der Waals surface area contributed by atoms with Crippen LogP contribution in [-0.2, 0) is 16.0 Å². The zero-order valence-electron chi connectivity index (χ0n) is 12.7. The van der Waals surface area contributed by atoms with E-state index in [9.17, 15) is 4.79 Å². The standard InChI is InChI=1S/C16H21N3O2S/c1-21-16(7-10-17-11-8-16)15(20)18-9-6-14-19-12-4-2-3-5-13(12)22-14/h2-5,17H,6-11H2,1H3,(H,18,20). The number of hydrogen-bond acceptors (Lipinski definition) is 5. The number of ether oxygens (including phenoxy) is 1. The van der Waals surface area contributed by atoms with Gasteiger partial charge in [-0.25, -0.2) is 4.98 Å². The van der Waals surface area contributed by atoms with Gasteiger partial charge < -0.3 is 15.4 Å². The van der Waals surface area contributed by atoms with Crippen LogP contribution in [0.3, 0.4) is 0 Å². The minimum atomic E-state index is -0.668. The number of carbonyl (C=O) groups is 1. The Morgan fingerprint density at radius 1 is 1.41 bits per heavy atom. The van der Waals surface area contributed by atoms with E-state index in [1.807, 2.05) is 18.2 Å². The van der Waals surface area contributed by atoms with Gasteiger partial charge in [-0.2, -0.15) is 0 Å². The predicted molar refractivity (Wildman–Crippen MR) is 88.2 cm³/mol. The van der Waals surface area contributed by atoms with E-state index in [0.717, 1.165) is 42.9 Å². The third kappa shape index (κ3) is 3.14. The van der Waals surface area contributed by atoms with E-state index in [1.54, 1.807) is 18.4 Å². The summed E-state index contributed by atoms with van der Waals surface area (Å²) in [4.78, 5) is 17.0. The second-order valence-corrected chi connectivity index (χ2v) is 6.64. The lowest BCUT2D eigenvalue weighted by Gasteiger charge is -2.34. The van der Waals surface area contributed by atoms with Crippen LogP contribution in [0.4, 0.5) is 0 Å². The van der Waals surface area contributed by atoms with Gasteiger partial charge in [0.05, 0.1) is 15.2 Å². The maximum Gasteiger partial charge on any atom is 0.252 e. The van der Waals surface area contributed by atoms with Gasteiger partial charge in [0, 0.05) is 20.1 Å². The summed E-state index contributed by atoms with van der Waals surface area (Å²) < 4.78 is 6.72. The summed E-state index contributed by atoms with van der Waals surface area (Å²) in [5.41, 5.74) is 0.360. The molecule has 0 saturated carbocycles. The van der Waals surface area contributed by atoms with Crippen molar-refractivity contribution in [2.45, 2.75) is 24.9 Å². The van der Waals surface area contributed by atoms with Crippen molar-refractivity contribution in [1.82, 2.24) is 15.6 Å². The lowest BCUT2D eigenvalue weighted by molar-refractivity contribution is -0.146. The molecule has 2 aromatic rings. The van der Waals surface area contributed by atoms with Crippen molar-refractivity contribution in [1.29, 1.82) is 0 Å². The van der Waals surface area contributed by atoms with Gasteiger partial charge in [-0.1, -0.05) is 12.1 Å². The van der Waals surface area contributed by atoms with E-state index in [2.05, 4.69) is 21.7 Å². The van der Waals surface area contributed by atoms with Crippen molar-refractivity contribution >= 4 is 27.5 Å². The molecule has 118 valence electrons. The fourth-order valence-corrected chi connectivity index (χ4v) is 3.79. The highest BCUT2D eigenvalue weighted by Gasteiger charge is 2.39. The minimum absolute atomic E-state index is 0.00221. The Morgan fingerprint density at radius 3 is 2.91 bits per heavy atom. The number of fused-ring (bicyclic) bond motifs is 1. The highest BCUT2D eigenvalue weighted by atomic mass is 32.1. The molecule has 1 aliphatic heterocycles. The molecule has 0 aliphatic carbocycles. The number of aromatic nitrogens is 1. The predicted octanol–water partition coefficient (Wildman–Crippen LogP) is 1.72. The monoisotopic (exact) mass is 319 g/mol. The topological polar surface area (TPSA) is 63.2 Å². The number of rotatable bonds is 5. The Hall–Kier alpha value is -1.50. The van der Waals surface area contributed by atoms with Crippen LogP contribution >= 0.6 is 11.3 Å². The normalized spacial score (nSPS) is 17.5. The molecule has 1 fully saturated rings. The molecule has 1 saturated heterocycles. The van der Waals surface area contributed by atoms with E-state index in [1.165, 1.54) is 4.70 Å². The number of amides is 1. The number of hydrogen-bond donors (Lipinski definition) is 2. The molecule has 1 aromatic heterocycles. The number of para-hydroxylation sites is 1. The number of carbonyl (C=O) groups excluding carboxylic acids is 1. The summed E-state index contributed by atoms with van der Waals surface area (Å²) in [6.07, 6.45) is 2.19. The van der Waals surface area contributed by atoms with Crippen LogP contribution in [-0.4, -0.2) is 43.2 Å². The van der Waals surface area contributed by atoms with Crippen LogP contribution in [0.1, 0.15) is 17.8 Å². The van der Waals surface area contributed by atoms with Crippen LogP contribution in [0.2, 0.25) is 0 Å². The van der Waals surface area contributed by atoms with E-state index in [4.69, 9.17) is 4.74 Å². The zero-order chi connectivity index (χ0) is 15.4. The highest BCUT2D eigenvalue weighted by molar-refractivity contribution is 7.18. The van der Waals surface area contributed by atoms with E-state index in [-0.39, 0.29) is 5.91 Å². The molecule has 1 aliphatic rings. The number of thiazole rings is 1. The second-order valence-electron chi connectivity index (χ2n) is 5.53. The largest absolute Gasteiger partial charge is 0.368 e. The SMILES string of the molecule is COC1(C(=O)NCCc2nc3ccccc3s2)CCNCC1. The van der Waals surface area contributed by atoms with Gasteiger partial charge in [-0.15, -0.1) is 11.3 Å². The molecule has 2 N–H and O–H groups in total. The second kappa shape index (κ2) is 6.73. The molecule has 5 nitrogen and oxygen atoms in total. The first-order valence-corrected chi connectivity index (χ1v) is 8.44. The van der Waals surface area contributed by atoms with E-state index in [0.29, 0.717) is 6.54 Å². The Kier molecular flexibility index (Phi) is 4.71. The van der Waals surface area contributed by atoms with Crippen molar-refractivity contribution in [2.24, 2.45) is 0 Å². The molecule has 1 amide bonds. The van der Waals surface area contributed by atoms with Crippen LogP contribution < -0.4 is 10.6 Å². The van der Waals surface area contributed by atoms with Crippen LogP contribution in [0, 0.1) is 0 Å². The van der Waals surface area contributed by atoms with Crippen molar-refractivity contribution in [2.75, 3.05) is 26.7 Å². The maximum absolute atomic E-state index is 12.4. The average Bonchev–Trinajstić information content (AvgIpc) is 2.98. The molecule has 0 atom stereocenters. The smallest absolute Gasteiger partial charge is 0.252 e. The molecule has 0 unspecified atom stereocenters. The summed E-state index contributed by atoms with van der Waals surface area (Å²) in [6.45, 7) is 2.23. The highest BCUT2D eigenvalue weighted by Crippen LogP contribution is 2.23. The molecule has 22 heavy (non-hydrogen) atoms. The number of benzene rings is 1. The molecular formula is C16H21N3O2S. The summed E-state index contributed by atoms with van der Waals surface area (Å²) in [6, 6.07) is 8.10. The van der Waals surface area contributed by atoms with Crippen molar-refractivity contribution in [3.8, 4) is 0 Å². The molecule has 0 spiro atoms. The zero-order valence-corrected chi connectivity index (χ0v) is 13.5. The van der Waals surface area contributed by atoms with Gasteiger partial charge in [-0.05, 0) is 38.1 Å². The number of nitrogens with zero attached hydrogens (tertiary/aromatic N) is 1. The quantitative estimate of drug-likeness (QED) is 0.881. The lowest BCUT2D eigenvalue weighted by Crippen LogP contribution is -2.54. The Bertz CT molecular complexity index is 617. The summed E-state index contributed by atoms with van der Waals surface area (Å²) in [5, 5.41) is 7.32. The van der Waals surface area contributed by atoms with E-state index >= 15 is 0 Å². The fraction of sp³-hybridized carbons (Fsp3) is 0.500. The number of methoxy groups -OCH3 is 1. The lowest BCUT2D eigenvalue weighted by atomic mass is 9.91. The van der Waals surface area contributed by atoms with Crippen LogP contribution in [0.5, 0.6) is 0 Å². The Morgan fingerprint density at radius 2 is 2.18 bits per heavy atom. The third-order valence-corrected chi connectivity index (χ3v) is 5.27. The van der Waals surface area contributed by atoms with Gasteiger partial charge in [0.15, 0.2) is 0 Å². The Balaban J connectivity index is 1.56. The van der Waals surface area contributed by atoms with Gasteiger partial charge in [0.25, 0.3) is 5.91 Å². The van der Waals surface area contributed by atoms with E-state index < -0.39 is 5.60 Å². The molecule has 6 heteroatoms. The van der Waals surface area contributed by atoms with Crippen molar-refractivity contribution in [3.05, 3.63) is 29.3 Å². The first-order valence-electron chi connectivity index (χ1n) is 7.62. The third-order valence-electron chi connectivity index (χ3n) is 4.18. The summed E-state index contributed by atoms with van der Waals surface area (Å²) in [5.74, 6) is -0.00221. The molecule has 3 rings (SSSR count). The molecule has 0 radical (unpaired) electrons. The first kappa shape index (κ1) is 15.4. The molecule has 1 aromatic carbocycles.